The Kier molecular flexibility index (Phi) is 3.69. The van der Waals surface area contributed by atoms with Gasteiger partial charge in [0.1, 0.15) is 11.7 Å². The number of rotatable bonds is 3. The highest BCUT2D eigenvalue weighted by atomic mass is 16.5. The average Bonchev–Trinajstić information content (AvgIpc) is 2.94. The topological polar surface area (TPSA) is 65.7 Å². The summed E-state index contributed by atoms with van der Waals surface area (Å²) in [7, 11) is 1.51. The number of methoxy groups -OCH3 is 1. The van der Waals surface area contributed by atoms with Gasteiger partial charge >= 0.3 is 11.6 Å². The molecule has 1 heterocycles. The molecule has 4 rings (SSSR count). The van der Waals surface area contributed by atoms with Gasteiger partial charge in [-0.3, -0.25) is 0 Å². The second kappa shape index (κ2) is 5.60. The van der Waals surface area contributed by atoms with Crippen molar-refractivity contribution < 1.29 is 18.7 Å². The molecule has 1 aromatic carbocycles. The van der Waals surface area contributed by atoms with E-state index in [9.17, 15) is 9.59 Å². The molecule has 2 fully saturated rings. The van der Waals surface area contributed by atoms with E-state index in [-0.39, 0.29) is 22.5 Å². The van der Waals surface area contributed by atoms with E-state index in [0.29, 0.717) is 22.6 Å². The van der Waals surface area contributed by atoms with Crippen molar-refractivity contribution in [3.63, 3.8) is 0 Å². The SMILES string of the molecule is COc1cccc2cc(C(=O)O[C@H]3C[C@@H]4CC[C@@]3(C)C4(C)C)c(=O)oc12. The van der Waals surface area contributed by atoms with Crippen LogP contribution < -0.4 is 10.4 Å². The third kappa shape index (κ3) is 2.22. The summed E-state index contributed by atoms with van der Waals surface area (Å²) in [4.78, 5) is 25.1. The molecule has 138 valence electrons. The van der Waals surface area contributed by atoms with Crippen molar-refractivity contribution in [1.82, 2.24) is 0 Å². The Morgan fingerprint density at radius 1 is 1.27 bits per heavy atom. The summed E-state index contributed by atoms with van der Waals surface area (Å²) in [5, 5.41) is 0.635. The average molecular weight is 356 g/mol. The number of hydrogen-bond acceptors (Lipinski definition) is 5. The number of para-hydroxylation sites is 1. The normalized spacial score (nSPS) is 29.1. The molecule has 0 radical (unpaired) electrons. The van der Waals surface area contributed by atoms with Crippen LogP contribution in [-0.2, 0) is 4.74 Å². The summed E-state index contributed by atoms with van der Waals surface area (Å²) in [6.07, 6.45) is 2.92. The van der Waals surface area contributed by atoms with Crippen LogP contribution in [0.3, 0.4) is 0 Å². The number of carbonyl (C=O) groups excluding carboxylic acids is 1. The van der Waals surface area contributed by atoms with Crippen molar-refractivity contribution in [2.75, 3.05) is 7.11 Å². The molecule has 2 saturated carbocycles. The van der Waals surface area contributed by atoms with Gasteiger partial charge in [-0.05, 0) is 42.7 Å². The van der Waals surface area contributed by atoms with Crippen LogP contribution in [0, 0.1) is 16.7 Å². The minimum atomic E-state index is -0.695. The van der Waals surface area contributed by atoms with Gasteiger partial charge in [-0.25, -0.2) is 9.59 Å². The predicted octanol–water partition coefficient (Wildman–Crippen LogP) is 4.17. The number of hydrogen-bond donors (Lipinski definition) is 0. The maximum absolute atomic E-state index is 12.7. The van der Waals surface area contributed by atoms with Crippen molar-refractivity contribution in [2.45, 2.75) is 46.1 Å². The first-order chi connectivity index (χ1) is 12.3. The summed E-state index contributed by atoms with van der Waals surface area (Å²) in [6.45, 7) is 6.72. The number of fused-ring (bicyclic) bond motifs is 3. The summed E-state index contributed by atoms with van der Waals surface area (Å²) in [5.41, 5.74) is -0.327. The summed E-state index contributed by atoms with van der Waals surface area (Å²) < 4.78 is 16.4. The Labute approximate surface area is 152 Å². The zero-order valence-electron chi connectivity index (χ0n) is 15.6. The van der Waals surface area contributed by atoms with Crippen LogP contribution >= 0.6 is 0 Å². The fraction of sp³-hybridized carbons (Fsp3) is 0.524. The van der Waals surface area contributed by atoms with Gasteiger partial charge in [-0.15, -0.1) is 0 Å². The zero-order chi connectivity index (χ0) is 18.7. The second-order valence-corrected chi connectivity index (χ2v) is 8.33. The maximum atomic E-state index is 12.7. The molecule has 2 aliphatic rings. The lowest BCUT2D eigenvalue weighted by atomic mass is 9.70. The van der Waals surface area contributed by atoms with E-state index in [1.54, 1.807) is 18.2 Å². The van der Waals surface area contributed by atoms with Crippen LogP contribution in [-0.4, -0.2) is 19.2 Å². The fourth-order valence-corrected chi connectivity index (χ4v) is 4.92. The first-order valence-corrected chi connectivity index (χ1v) is 9.10. The highest BCUT2D eigenvalue weighted by Crippen LogP contribution is 2.66. The van der Waals surface area contributed by atoms with Gasteiger partial charge < -0.3 is 13.9 Å². The largest absolute Gasteiger partial charge is 0.493 e. The van der Waals surface area contributed by atoms with E-state index in [1.165, 1.54) is 19.6 Å². The summed E-state index contributed by atoms with van der Waals surface area (Å²) >= 11 is 0. The Bertz CT molecular complexity index is 941. The Morgan fingerprint density at radius 3 is 2.65 bits per heavy atom. The van der Waals surface area contributed by atoms with E-state index in [0.717, 1.165) is 12.8 Å². The van der Waals surface area contributed by atoms with Crippen LogP contribution in [0.1, 0.15) is 50.4 Å². The van der Waals surface area contributed by atoms with E-state index in [4.69, 9.17) is 13.9 Å². The molecule has 0 N–H and O–H groups in total. The molecule has 0 spiro atoms. The highest BCUT2D eigenvalue weighted by Gasteiger charge is 2.62. The van der Waals surface area contributed by atoms with Crippen molar-refractivity contribution in [3.8, 4) is 5.75 Å². The van der Waals surface area contributed by atoms with E-state index in [1.807, 2.05) is 0 Å². The molecule has 0 aliphatic heterocycles. The lowest BCUT2D eigenvalue weighted by Crippen LogP contribution is -2.38. The number of carbonyl (C=O) groups is 1. The minimum Gasteiger partial charge on any atom is -0.493 e. The first kappa shape index (κ1) is 17.1. The van der Waals surface area contributed by atoms with Gasteiger partial charge in [0.2, 0.25) is 0 Å². The molecule has 0 saturated heterocycles. The molecular weight excluding hydrogens is 332 g/mol. The molecule has 2 aliphatic carbocycles. The number of benzene rings is 1. The van der Waals surface area contributed by atoms with E-state index < -0.39 is 11.6 Å². The van der Waals surface area contributed by atoms with Gasteiger partial charge in [-0.1, -0.05) is 32.9 Å². The van der Waals surface area contributed by atoms with Crippen LogP contribution in [0.4, 0.5) is 0 Å². The lowest BCUT2D eigenvalue weighted by Gasteiger charge is -2.38. The van der Waals surface area contributed by atoms with E-state index in [2.05, 4.69) is 20.8 Å². The molecule has 0 amide bonds. The predicted molar refractivity (Wildman–Crippen MR) is 97.5 cm³/mol. The van der Waals surface area contributed by atoms with Crippen LogP contribution in [0.5, 0.6) is 5.75 Å². The Balaban J connectivity index is 1.66. The fourth-order valence-electron chi connectivity index (χ4n) is 4.92. The Hall–Kier alpha value is -2.30. The number of ether oxygens (including phenoxy) is 2. The van der Waals surface area contributed by atoms with Crippen molar-refractivity contribution >= 4 is 16.9 Å². The molecule has 2 aromatic rings. The molecular formula is C21H24O5. The maximum Gasteiger partial charge on any atom is 0.351 e. The van der Waals surface area contributed by atoms with Gasteiger partial charge in [0, 0.05) is 10.8 Å². The van der Waals surface area contributed by atoms with Gasteiger partial charge in [0.15, 0.2) is 11.3 Å². The number of esters is 1. The van der Waals surface area contributed by atoms with Crippen molar-refractivity contribution in [2.24, 2.45) is 16.7 Å². The lowest BCUT2D eigenvalue weighted by molar-refractivity contribution is -0.0245. The van der Waals surface area contributed by atoms with Crippen LogP contribution in [0.2, 0.25) is 0 Å². The monoisotopic (exact) mass is 356 g/mol. The van der Waals surface area contributed by atoms with Crippen LogP contribution in [0.25, 0.3) is 11.0 Å². The Morgan fingerprint density at radius 2 is 2.04 bits per heavy atom. The van der Waals surface area contributed by atoms with Crippen molar-refractivity contribution in [1.29, 1.82) is 0 Å². The second-order valence-electron chi connectivity index (χ2n) is 8.33. The standard InChI is InChI=1S/C21H24O5/c1-20(2)13-8-9-21(20,3)16(11-13)25-18(22)14-10-12-6-5-7-15(24-4)17(12)26-19(14)23/h5-7,10,13,16H,8-9,11H2,1-4H3/t13-,16-,21+/m0/s1. The highest BCUT2D eigenvalue weighted by molar-refractivity contribution is 5.94. The molecule has 2 bridgehead atoms. The molecule has 26 heavy (non-hydrogen) atoms. The molecule has 5 heteroatoms. The van der Waals surface area contributed by atoms with E-state index >= 15 is 0 Å². The first-order valence-electron chi connectivity index (χ1n) is 9.10. The van der Waals surface area contributed by atoms with Gasteiger partial charge in [-0.2, -0.15) is 0 Å². The van der Waals surface area contributed by atoms with Crippen molar-refractivity contribution in [3.05, 3.63) is 40.2 Å². The van der Waals surface area contributed by atoms with Gasteiger partial charge in [0.05, 0.1) is 7.11 Å². The molecule has 0 unspecified atom stereocenters. The summed E-state index contributed by atoms with van der Waals surface area (Å²) in [5.74, 6) is 0.419. The third-order valence-corrected chi connectivity index (χ3v) is 7.13. The molecule has 5 nitrogen and oxygen atoms in total. The van der Waals surface area contributed by atoms with Gasteiger partial charge in [0.25, 0.3) is 0 Å². The molecule has 1 aromatic heterocycles. The minimum absolute atomic E-state index is 0.0480. The quantitative estimate of drug-likeness (QED) is 0.610. The smallest absolute Gasteiger partial charge is 0.351 e. The third-order valence-electron chi connectivity index (χ3n) is 7.13. The zero-order valence-corrected chi connectivity index (χ0v) is 15.6. The van der Waals surface area contributed by atoms with Crippen LogP contribution in [0.15, 0.2) is 33.5 Å². The molecule has 3 atom stereocenters. The summed E-state index contributed by atoms with van der Waals surface area (Å²) in [6, 6.07) is 6.81.